The molecule has 23 heavy (non-hydrogen) atoms. The van der Waals surface area contributed by atoms with E-state index in [9.17, 15) is 9.59 Å². The van der Waals surface area contributed by atoms with Crippen LogP contribution in [0.25, 0.3) is 0 Å². The average molecular weight is 316 g/mol. The molecule has 0 aromatic heterocycles. The normalized spacial score (nSPS) is 22.7. The van der Waals surface area contributed by atoms with E-state index in [0.29, 0.717) is 6.42 Å². The fourth-order valence-electron chi connectivity index (χ4n) is 4.01. The summed E-state index contributed by atoms with van der Waals surface area (Å²) in [4.78, 5) is 27.3. The molecule has 4 nitrogen and oxygen atoms in total. The Morgan fingerprint density at radius 2 is 1.61 bits per heavy atom. The van der Waals surface area contributed by atoms with Crippen molar-refractivity contribution in [2.45, 2.75) is 82.7 Å². The lowest BCUT2D eigenvalue weighted by Crippen LogP contribution is -2.53. The highest BCUT2D eigenvalue weighted by atomic mass is 16.2. The molecular weight excluding hydrogens is 288 g/mol. The number of allylic oxidation sites excluding steroid dienone is 3. The third-order valence-electron chi connectivity index (χ3n) is 5.36. The number of imide groups is 1. The molecule has 0 unspecified atom stereocenters. The summed E-state index contributed by atoms with van der Waals surface area (Å²) in [6.07, 6.45) is 17.4. The van der Waals surface area contributed by atoms with E-state index in [1.165, 1.54) is 25.7 Å². The molecule has 2 saturated carbocycles. The van der Waals surface area contributed by atoms with Gasteiger partial charge in [-0.25, -0.2) is 4.79 Å². The summed E-state index contributed by atoms with van der Waals surface area (Å²) < 4.78 is 0. The molecule has 4 heteroatoms. The van der Waals surface area contributed by atoms with E-state index >= 15 is 0 Å². The average Bonchev–Trinajstić information content (AvgIpc) is 3.11. The van der Waals surface area contributed by atoms with Crippen molar-refractivity contribution in [1.29, 1.82) is 0 Å². The Hall–Kier alpha value is -1.58. The van der Waals surface area contributed by atoms with E-state index in [0.717, 1.165) is 44.1 Å². The van der Waals surface area contributed by atoms with Crippen molar-refractivity contribution >= 4 is 11.9 Å². The molecule has 0 heterocycles. The van der Waals surface area contributed by atoms with E-state index in [1.54, 1.807) is 4.90 Å². The van der Waals surface area contributed by atoms with Crippen molar-refractivity contribution in [2.24, 2.45) is 0 Å². The molecule has 0 aliphatic heterocycles. The molecule has 3 aliphatic carbocycles. The number of amides is 3. The highest BCUT2D eigenvalue weighted by molar-refractivity contribution is 6.04. The Kier molecular flexibility index (Phi) is 5.52. The highest BCUT2D eigenvalue weighted by Gasteiger charge is 2.33. The molecule has 3 amide bonds. The minimum absolute atomic E-state index is 0.0707. The van der Waals surface area contributed by atoms with E-state index in [4.69, 9.17) is 0 Å². The zero-order valence-corrected chi connectivity index (χ0v) is 13.9. The quantitative estimate of drug-likeness (QED) is 0.853. The Labute approximate surface area is 139 Å². The number of carbonyl (C=O) groups excluding carboxylic acids is 2. The van der Waals surface area contributed by atoms with Crippen molar-refractivity contribution in [3.8, 4) is 0 Å². The Bertz CT molecular complexity index is 497. The molecule has 2 fully saturated rings. The Balaban J connectivity index is 1.70. The van der Waals surface area contributed by atoms with Crippen molar-refractivity contribution in [3.05, 3.63) is 23.8 Å². The SMILES string of the molecule is O=C(NC1CCCCC1)N(C(=O)C1=CC=CC1)C1CCCCC1. The van der Waals surface area contributed by atoms with Crippen molar-refractivity contribution < 1.29 is 9.59 Å². The maximum atomic E-state index is 12.9. The van der Waals surface area contributed by atoms with E-state index in [2.05, 4.69) is 5.32 Å². The molecule has 0 aromatic rings. The molecular formula is C19H28N2O2. The number of rotatable bonds is 3. The van der Waals surface area contributed by atoms with Gasteiger partial charge >= 0.3 is 6.03 Å². The maximum Gasteiger partial charge on any atom is 0.324 e. The first-order valence-corrected chi connectivity index (χ1v) is 9.25. The van der Waals surface area contributed by atoms with Gasteiger partial charge in [-0.1, -0.05) is 56.8 Å². The smallest absolute Gasteiger partial charge is 0.324 e. The molecule has 0 spiro atoms. The Morgan fingerprint density at radius 3 is 2.22 bits per heavy atom. The third kappa shape index (κ3) is 4.04. The first-order chi connectivity index (χ1) is 11.3. The number of carbonyl (C=O) groups is 2. The number of hydrogen-bond donors (Lipinski definition) is 1. The minimum Gasteiger partial charge on any atom is -0.335 e. The predicted octanol–water partition coefficient (Wildman–Crippen LogP) is 4.08. The molecule has 126 valence electrons. The molecule has 1 N–H and O–H groups in total. The molecule has 0 radical (unpaired) electrons. The summed E-state index contributed by atoms with van der Waals surface area (Å²) in [5.74, 6) is -0.0878. The topological polar surface area (TPSA) is 49.4 Å². The van der Waals surface area contributed by atoms with Crippen molar-refractivity contribution in [1.82, 2.24) is 10.2 Å². The molecule has 3 rings (SSSR count). The first-order valence-electron chi connectivity index (χ1n) is 9.25. The van der Waals surface area contributed by atoms with Gasteiger partial charge in [0.2, 0.25) is 0 Å². The summed E-state index contributed by atoms with van der Waals surface area (Å²) in [5.41, 5.74) is 0.745. The van der Waals surface area contributed by atoms with Crippen LogP contribution in [0.1, 0.15) is 70.6 Å². The van der Waals surface area contributed by atoms with Crippen LogP contribution in [0.5, 0.6) is 0 Å². The van der Waals surface area contributed by atoms with E-state index in [1.807, 2.05) is 18.2 Å². The summed E-state index contributed by atoms with van der Waals surface area (Å²) in [6, 6.07) is 0.147. The van der Waals surface area contributed by atoms with Crippen LogP contribution in [0.3, 0.4) is 0 Å². The van der Waals surface area contributed by atoms with Crippen LogP contribution in [0.4, 0.5) is 4.79 Å². The van der Waals surface area contributed by atoms with Gasteiger partial charge in [0, 0.05) is 17.7 Å². The van der Waals surface area contributed by atoms with Gasteiger partial charge in [0.05, 0.1) is 0 Å². The van der Waals surface area contributed by atoms with Crippen LogP contribution in [0.2, 0.25) is 0 Å². The van der Waals surface area contributed by atoms with Crippen LogP contribution in [0.15, 0.2) is 23.8 Å². The van der Waals surface area contributed by atoms with Crippen LogP contribution >= 0.6 is 0 Å². The number of hydrogen-bond acceptors (Lipinski definition) is 2. The highest BCUT2D eigenvalue weighted by Crippen LogP contribution is 2.26. The van der Waals surface area contributed by atoms with Gasteiger partial charge in [-0.15, -0.1) is 0 Å². The number of nitrogens with one attached hydrogen (secondary N) is 1. The van der Waals surface area contributed by atoms with Gasteiger partial charge < -0.3 is 5.32 Å². The third-order valence-corrected chi connectivity index (χ3v) is 5.36. The molecule has 0 atom stereocenters. The monoisotopic (exact) mass is 316 g/mol. The van der Waals surface area contributed by atoms with Crippen LogP contribution in [-0.4, -0.2) is 28.9 Å². The van der Waals surface area contributed by atoms with Crippen molar-refractivity contribution in [3.63, 3.8) is 0 Å². The van der Waals surface area contributed by atoms with Gasteiger partial charge in [-0.2, -0.15) is 0 Å². The van der Waals surface area contributed by atoms with E-state index < -0.39 is 0 Å². The molecule has 0 aromatic carbocycles. The van der Waals surface area contributed by atoms with Crippen LogP contribution in [0, 0.1) is 0 Å². The minimum atomic E-state index is -0.165. The summed E-state index contributed by atoms with van der Waals surface area (Å²) in [5, 5.41) is 3.14. The molecule has 0 saturated heterocycles. The zero-order chi connectivity index (χ0) is 16.1. The summed E-state index contributed by atoms with van der Waals surface area (Å²) >= 11 is 0. The number of nitrogens with zero attached hydrogens (tertiary/aromatic N) is 1. The second-order valence-electron chi connectivity index (χ2n) is 7.08. The second kappa shape index (κ2) is 7.80. The van der Waals surface area contributed by atoms with Gasteiger partial charge in [-0.05, 0) is 32.1 Å². The maximum absolute atomic E-state index is 12.9. The zero-order valence-electron chi connectivity index (χ0n) is 13.9. The van der Waals surface area contributed by atoms with Gasteiger partial charge in [0.15, 0.2) is 0 Å². The fraction of sp³-hybridized carbons (Fsp3) is 0.684. The van der Waals surface area contributed by atoms with E-state index in [-0.39, 0.29) is 24.0 Å². The molecule has 3 aliphatic rings. The second-order valence-corrected chi connectivity index (χ2v) is 7.08. The van der Waals surface area contributed by atoms with Crippen LogP contribution < -0.4 is 5.32 Å². The largest absolute Gasteiger partial charge is 0.335 e. The lowest BCUT2D eigenvalue weighted by molar-refractivity contribution is -0.126. The van der Waals surface area contributed by atoms with Crippen molar-refractivity contribution in [2.75, 3.05) is 0 Å². The predicted molar refractivity (Wildman–Crippen MR) is 91.0 cm³/mol. The standard InChI is InChI=1S/C19H28N2O2/c22-18(15-9-7-8-10-15)21(17-13-5-2-6-14-17)19(23)20-16-11-3-1-4-12-16/h7-9,16-17H,1-6,10-14H2,(H,20,23). The summed E-state index contributed by atoms with van der Waals surface area (Å²) in [6.45, 7) is 0. The lowest BCUT2D eigenvalue weighted by Gasteiger charge is -2.35. The van der Waals surface area contributed by atoms with Gasteiger partial charge in [0.25, 0.3) is 5.91 Å². The molecule has 0 bridgehead atoms. The lowest BCUT2D eigenvalue weighted by atomic mass is 9.93. The van der Waals surface area contributed by atoms with Gasteiger partial charge in [0.1, 0.15) is 0 Å². The fourth-order valence-corrected chi connectivity index (χ4v) is 4.01. The van der Waals surface area contributed by atoms with Gasteiger partial charge in [-0.3, -0.25) is 9.69 Å². The Morgan fingerprint density at radius 1 is 0.957 bits per heavy atom. The summed E-state index contributed by atoms with van der Waals surface area (Å²) in [7, 11) is 0. The van der Waals surface area contributed by atoms with Crippen LogP contribution in [-0.2, 0) is 4.79 Å². The first kappa shape index (κ1) is 16.3. The number of urea groups is 1.